The molecule has 0 aromatic carbocycles. The van der Waals surface area contributed by atoms with Gasteiger partial charge in [0.1, 0.15) is 6.23 Å². The fourth-order valence-electron chi connectivity index (χ4n) is 5.22. The van der Waals surface area contributed by atoms with Gasteiger partial charge in [0.25, 0.3) is 5.56 Å². The summed E-state index contributed by atoms with van der Waals surface area (Å²) in [6, 6.07) is 4.09. The van der Waals surface area contributed by atoms with Gasteiger partial charge >= 0.3 is 0 Å². The molecular weight excluding hydrogens is 392 g/mol. The van der Waals surface area contributed by atoms with Crippen molar-refractivity contribution in [2.45, 2.75) is 64.1 Å². The number of pyridine rings is 2. The number of piperidine rings is 1. The van der Waals surface area contributed by atoms with Crippen LogP contribution < -0.4 is 16.2 Å². The molecule has 0 spiro atoms. The molecule has 0 bridgehead atoms. The van der Waals surface area contributed by atoms with E-state index in [0.717, 1.165) is 54.4 Å². The summed E-state index contributed by atoms with van der Waals surface area (Å²) >= 11 is 0. The largest absolute Gasteiger partial charge is 0.367 e. The number of aromatic nitrogens is 2. The van der Waals surface area contributed by atoms with Crippen molar-refractivity contribution in [3.63, 3.8) is 0 Å². The number of aryl methyl sites for hydroxylation is 2. The van der Waals surface area contributed by atoms with Gasteiger partial charge in [-0.15, -0.1) is 0 Å². The zero-order valence-corrected chi connectivity index (χ0v) is 19.0. The molecule has 1 saturated heterocycles. The Kier molecular flexibility index (Phi) is 6.44. The minimum atomic E-state index is -0.0575. The maximum Gasteiger partial charge on any atom is 0.254 e. The van der Waals surface area contributed by atoms with Crippen LogP contribution in [0.3, 0.4) is 0 Å². The second-order valence-electron chi connectivity index (χ2n) is 9.36. The molecular formula is C24H34N4O3. The molecule has 31 heavy (non-hydrogen) atoms. The van der Waals surface area contributed by atoms with Gasteiger partial charge in [-0.2, -0.15) is 0 Å². The minimum absolute atomic E-state index is 0.0399. The maximum atomic E-state index is 13.2. The summed E-state index contributed by atoms with van der Waals surface area (Å²) in [7, 11) is 3.53. The first kappa shape index (κ1) is 22.0. The molecule has 1 saturated carbocycles. The second kappa shape index (κ2) is 9.09. The van der Waals surface area contributed by atoms with Gasteiger partial charge in [-0.3, -0.25) is 19.9 Å². The van der Waals surface area contributed by atoms with Crippen molar-refractivity contribution in [3.05, 3.63) is 39.9 Å². The van der Waals surface area contributed by atoms with Gasteiger partial charge in [-0.05, 0) is 63.0 Å². The summed E-state index contributed by atoms with van der Waals surface area (Å²) in [6.45, 7) is 4.86. The maximum absolute atomic E-state index is 13.2. The summed E-state index contributed by atoms with van der Waals surface area (Å²) < 4.78 is 7.07. The van der Waals surface area contributed by atoms with Gasteiger partial charge in [0.2, 0.25) is 5.91 Å². The average molecular weight is 427 g/mol. The van der Waals surface area contributed by atoms with Crippen molar-refractivity contribution in [1.29, 1.82) is 0 Å². The Labute approximate surface area is 183 Å². The fraction of sp³-hybridized carbons (Fsp3) is 0.625. The lowest BCUT2D eigenvalue weighted by molar-refractivity contribution is -0.127. The van der Waals surface area contributed by atoms with E-state index in [9.17, 15) is 9.59 Å². The Morgan fingerprint density at radius 1 is 1.26 bits per heavy atom. The lowest BCUT2D eigenvalue weighted by atomic mass is 9.71. The topological polar surface area (TPSA) is 85.2 Å². The zero-order chi connectivity index (χ0) is 22.1. The van der Waals surface area contributed by atoms with Crippen LogP contribution in [0.4, 0.5) is 0 Å². The van der Waals surface area contributed by atoms with Crippen LogP contribution in [-0.2, 0) is 16.6 Å². The molecule has 7 heteroatoms. The van der Waals surface area contributed by atoms with Crippen molar-refractivity contribution in [2.24, 2.45) is 18.9 Å². The van der Waals surface area contributed by atoms with Gasteiger partial charge in [-0.1, -0.05) is 6.92 Å². The van der Waals surface area contributed by atoms with Crippen LogP contribution in [0.5, 0.6) is 0 Å². The van der Waals surface area contributed by atoms with E-state index in [1.54, 1.807) is 11.7 Å². The highest BCUT2D eigenvalue weighted by molar-refractivity contribution is 5.80. The molecule has 5 unspecified atom stereocenters. The SMILES string of the molecule is COC1CCC(NC(=O)C2CCC(C)C(c3cc4cnc(C)cc4n(C)c3=O)C2)CN1. The normalized spacial score (nSPS) is 29.1. The van der Waals surface area contributed by atoms with Crippen molar-refractivity contribution in [2.75, 3.05) is 13.7 Å². The van der Waals surface area contributed by atoms with Gasteiger partial charge < -0.3 is 14.6 Å². The molecule has 4 rings (SSSR count). The number of carbonyl (C=O) groups excluding carboxylic acids is 1. The van der Waals surface area contributed by atoms with Crippen LogP contribution in [0.15, 0.2) is 23.1 Å². The lowest BCUT2D eigenvalue weighted by Crippen LogP contribution is -2.51. The molecule has 1 amide bonds. The summed E-state index contributed by atoms with van der Waals surface area (Å²) in [4.78, 5) is 30.7. The molecule has 1 aliphatic heterocycles. The number of carbonyl (C=O) groups is 1. The molecule has 2 aliphatic rings. The highest BCUT2D eigenvalue weighted by atomic mass is 16.5. The van der Waals surface area contributed by atoms with Crippen LogP contribution >= 0.6 is 0 Å². The number of nitrogens with one attached hydrogen (secondary N) is 2. The number of hydrogen-bond donors (Lipinski definition) is 2. The van der Waals surface area contributed by atoms with Crippen molar-refractivity contribution in [3.8, 4) is 0 Å². The van der Waals surface area contributed by atoms with Crippen molar-refractivity contribution >= 4 is 16.8 Å². The third-order valence-electron chi connectivity index (χ3n) is 7.24. The van der Waals surface area contributed by atoms with Gasteiger partial charge in [0.05, 0.1) is 5.52 Å². The predicted octanol–water partition coefficient (Wildman–Crippen LogP) is 2.60. The van der Waals surface area contributed by atoms with Gasteiger partial charge in [0.15, 0.2) is 0 Å². The summed E-state index contributed by atoms with van der Waals surface area (Å²) in [6.07, 6.45) is 6.27. The van der Waals surface area contributed by atoms with Gasteiger partial charge in [-0.25, -0.2) is 0 Å². The monoisotopic (exact) mass is 426 g/mol. The van der Waals surface area contributed by atoms with E-state index in [0.29, 0.717) is 12.3 Å². The minimum Gasteiger partial charge on any atom is -0.367 e. The summed E-state index contributed by atoms with van der Waals surface area (Å²) in [5.74, 6) is 0.509. The van der Waals surface area contributed by atoms with E-state index < -0.39 is 0 Å². The molecule has 2 fully saturated rings. The van der Waals surface area contributed by atoms with Gasteiger partial charge in [0, 0.05) is 55.5 Å². The Morgan fingerprint density at radius 3 is 2.77 bits per heavy atom. The van der Waals surface area contributed by atoms with Crippen LogP contribution in [0, 0.1) is 18.8 Å². The first-order valence-electron chi connectivity index (χ1n) is 11.4. The summed E-state index contributed by atoms with van der Waals surface area (Å²) in [5, 5.41) is 7.52. The number of fused-ring (bicyclic) bond motifs is 1. The molecule has 0 radical (unpaired) electrons. The Balaban J connectivity index is 1.52. The third kappa shape index (κ3) is 4.53. The standard InChI is InChI=1S/C24H34N4O3/c1-14-5-6-16(23(29)27-18-7-8-22(31-4)26-13-18)10-19(14)20-11-17-12-25-15(2)9-21(17)28(3)24(20)30/h9,11-12,14,16,18-19,22,26H,5-8,10,13H2,1-4H3,(H,27,29). The highest BCUT2D eigenvalue weighted by Gasteiger charge is 2.35. The zero-order valence-electron chi connectivity index (χ0n) is 19.0. The van der Waals surface area contributed by atoms with E-state index >= 15 is 0 Å². The lowest BCUT2D eigenvalue weighted by Gasteiger charge is -2.35. The van der Waals surface area contributed by atoms with Crippen LogP contribution in [-0.4, -0.2) is 41.4 Å². The predicted molar refractivity (Wildman–Crippen MR) is 121 cm³/mol. The number of amides is 1. The van der Waals surface area contributed by atoms with Crippen LogP contribution in [0.25, 0.3) is 10.9 Å². The Hall–Kier alpha value is -2.25. The van der Waals surface area contributed by atoms with E-state index in [-0.39, 0.29) is 35.6 Å². The van der Waals surface area contributed by atoms with E-state index in [2.05, 4.69) is 22.5 Å². The molecule has 2 N–H and O–H groups in total. The second-order valence-corrected chi connectivity index (χ2v) is 9.36. The van der Waals surface area contributed by atoms with E-state index in [1.165, 1.54) is 0 Å². The quantitative estimate of drug-likeness (QED) is 0.785. The molecule has 168 valence electrons. The van der Waals surface area contributed by atoms with E-state index in [4.69, 9.17) is 4.74 Å². The Morgan fingerprint density at radius 2 is 2.06 bits per heavy atom. The van der Waals surface area contributed by atoms with Crippen molar-refractivity contribution in [1.82, 2.24) is 20.2 Å². The molecule has 2 aromatic heterocycles. The van der Waals surface area contributed by atoms with Crippen molar-refractivity contribution < 1.29 is 9.53 Å². The number of rotatable bonds is 4. The number of ether oxygens (including phenoxy) is 1. The molecule has 7 nitrogen and oxygen atoms in total. The highest BCUT2D eigenvalue weighted by Crippen LogP contribution is 2.40. The average Bonchev–Trinajstić information content (AvgIpc) is 2.77. The number of hydrogen-bond acceptors (Lipinski definition) is 5. The van der Waals surface area contributed by atoms with E-state index in [1.807, 2.05) is 32.3 Å². The number of nitrogens with zero attached hydrogens (tertiary/aromatic N) is 2. The smallest absolute Gasteiger partial charge is 0.254 e. The van der Waals surface area contributed by atoms with Crippen LogP contribution in [0.2, 0.25) is 0 Å². The number of methoxy groups -OCH3 is 1. The first-order chi connectivity index (χ1) is 14.9. The third-order valence-corrected chi connectivity index (χ3v) is 7.24. The first-order valence-corrected chi connectivity index (χ1v) is 11.4. The molecule has 2 aromatic rings. The van der Waals surface area contributed by atoms with Crippen LogP contribution in [0.1, 0.15) is 56.2 Å². The molecule has 5 atom stereocenters. The summed E-state index contributed by atoms with van der Waals surface area (Å²) in [5.41, 5.74) is 2.65. The Bertz CT molecular complexity index is 1010. The molecule has 3 heterocycles. The fourth-order valence-corrected chi connectivity index (χ4v) is 5.22. The molecule has 1 aliphatic carbocycles.